The molecule has 0 heterocycles. The fraction of sp³-hybridized carbons (Fsp3) is 0.214. The number of primary amides is 1. The molecule has 0 aliphatic rings. The smallest absolute Gasteiger partial charge is 0.330 e. The molecule has 0 rings (SSSR count). The third kappa shape index (κ3) is 24.6. The molecule has 0 aromatic heterocycles. The van der Waals surface area contributed by atoms with Gasteiger partial charge in [-0.2, -0.15) is 0 Å². The van der Waals surface area contributed by atoms with E-state index in [9.17, 15) is 14.4 Å². The molecule has 0 spiro atoms. The van der Waals surface area contributed by atoms with E-state index in [0.29, 0.717) is 5.57 Å². The van der Waals surface area contributed by atoms with Gasteiger partial charge in [-0.1, -0.05) is 32.4 Å². The van der Waals surface area contributed by atoms with E-state index in [1.807, 2.05) is 0 Å². The molecule has 0 atom stereocenters. The fourth-order valence-corrected chi connectivity index (χ4v) is 0.200. The summed E-state index contributed by atoms with van der Waals surface area (Å²) in [6, 6.07) is 0. The molecular formula is C14H21NO5. The fourth-order valence-electron chi connectivity index (χ4n) is 0.200. The van der Waals surface area contributed by atoms with Crippen molar-refractivity contribution in [2.45, 2.75) is 13.8 Å². The molecule has 0 saturated carbocycles. The number of rotatable bonds is 5. The zero-order valence-corrected chi connectivity index (χ0v) is 11.8. The van der Waals surface area contributed by atoms with Gasteiger partial charge in [0.1, 0.15) is 6.61 Å². The lowest BCUT2D eigenvalue weighted by Crippen LogP contribution is -2.10. The highest BCUT2D eigenvalue weighted by Gasteiger charge is 1.90. The van der Waals surface area contributed by atoms with Crippen LogP contribution in [-0.4, -0.2) is 29.6 Å². The highest BCUT2D eigenvalue weighted by molar-refractivity contribution is 5.90. The quantitative estimate of drug-likeness (QED) is 0.452. The van der Waals surface area contributed by atoms with E-state index >= 15 is 0 Å². The van der Waals surface area contributed by atoms with Crippen molar-refractivity contribution in [3.63, 3.8) is 0 Å². The summed E-state index contributed by atoms with van der Waals surface area (Å²) in [5, 5.41) is 7.89. The van der Waals surface area contributed by atoms with Gasteiger partial charge >= 0.3 is 11.9 Å². The molecule has 0 aliphatic carbocycles. The normalized spacial score (nSPS) is 7.50. The molecule has 0 aliphatic heterocycles. The number of nitrogens with two attached hydrogens (primary N) is 1. The minimum atomic E-state index is -0.935. The minimum Gasteiger partial charge on any atom is -0.478 e. The number of carbonyl (C=O) groups is 3. The summed E-state index contributed by atoms with van der Waals surface area (Å²) >= 11 is 0. The first-order chi connectivity index (χ1) is 9.09. The summed E-state index contributed by atoms with van der Waals surface area (Å²) in [5.74, 6) is -1.78. The average molecular weight is 283 g/mol. The molecule has 112 valence electrons. The Morgan fingerprint density at radius 3 is 1.65 bits per heavy atom. The van der Waals surface area contributed by atoms with Crippen molar-refractivity contribution in [1.29, 1.82) is 0 Å². The van der Waals surface area contributed by atoms with Crippen LogP contribution in [0.15, 0.2) is 49.6 Å². The monoisotopic (exact) mass is 283 g/mol. The first-order valence-electron chi connectivity index (χ1n) is 5.34. The van der Waals surface area contributed by atoms with Crippen molar-refractivity contribution in [3.8, 4) is 0 Å². The molecule has 1 amide bonds. The molecule has 3 N–H and O–H groups in total. The predicted molar refractivity (Wildman–Crippen MR) is 77.8 cm³/mol. The van der Waals surface area contributed by atoms with E-state index in [1.165, 1.54) is 13.0 Å². The second kappa shape index (κ2) is 14.4. The Morgan fingerprint density at radius 2 is 1.50 bits per heavy atom. The first-order valence-corrected chi connectivity index (χ1v) is 5.34. The van der Waals surface area contributed by atoms with Crippen LogP contribution in [0.25, 0.3) is 0 Å². The van der Waals surface area contributed by atoms with Gasteiger partial charge in [0.2, 0.25) is 5.91 Å². The Kier molecular flexibility index (Phi) is 16.3. The Hall–Kier alpha value is -2.63. The van der Waals surface area contributed by atoms with Crippen LogP contribution >= 0.6 is 0 Å². The topological polar surface area (TPSA) is 107 Å². The van der Waals surface area contributed by atoms with E-state index in [4.69, 9.17) is 10.8 Å². The van der Waals surface area contributed by atoms with E-state index in [0.717, 1.165) is 6.08 Å². The number of carboxylic acids is 1. The molecule has 0 fully saturated rings. The molecule has 0 unspecified atom stereocenters. The molecule has 0 saturated heterocycles. The van der Waals surface area contributed by atoms with Crippen molar-refractivity contribution in [2.75, 3.05) is 6.61 Å². The molecule has 20 heavy (non-hydrogen) atoms. The highest BCUT2D eigenvalue weighted by atomic mass is 16.5. The Bertz CT molecular complexity index is 348. The maximum absolute atomic E-state index is 10.2. The van der Waals surface area contributed by atoms with Gasteiger partial charge in [-0.3, -0.25) is 4.79 Å². The van der Waals surface area contributed by atoms with E-state index in [-0.39, 0.29) is 12.2 Å². The van der Waals surface area contributed by atoms with E-state index in [2.05, 4.69) is 31.1 Å². The third-order valence-corrected chi connectivity index (χ3v) is 1.30. The predicted octanol–water partition coefficient (Wildman–Crippen LogP) is 1.60. The van der Waals surface area contributed by atoms with Crippen molar-refractivity contribution < 1.29 is 24.2 Å². The number of carbonyl (C=O) groups excluding carboxylic acids is 2. The Morgan fingerprint density at radius 1 is 1.15 bits per heavy atom. The van der Waals surface area contributed by atoms with Crippen LogP contribution in [0, 0.1) is 0 Å². The van der Waals surface area contributed by atoms with Crippen LogP contribution in [0.4, 0.5) is 0 Å². The third-order valence-electron chi connectivity index (χ3n) is 1.30. The van der Waals surface area contributed by atoms with Crippen LogP contribution in [0.5, 0.6) is 0 Å². The van der Waals surface area contributed by atoms with Gasteiger partial charge in [0.25, 0.3) is 0 Å². The van der Waals surface area contributed by atoms with Crippen LogP contribution in [0.2, 0.25) is 0 Å². The van der Waals surface area contributed by atoms with Crippen molar-refractivity contribution in [3.05, 3.63) is 49.6 Å². The molecule has 0 bridgehead atoms. The van der Waals surface area contributed by atoms with Crippen molar-refractivity contribution in [1.82, 2.24) is 0 Å². The Balaban J connectivity index is -0.000000221. The Labute approximate surface area is 118 Å². The van der Waals surface area contributed by atoms with E-state index in [1.54, 1.807) is 6.92 Å². The molecular weight excluding hydrogens is 262 g/mol. The molecule has 6 nitrogen and oxygen atoms in total. The number of esters is 1. The highest BCUT2D eigenvalue weighted by Crippen LogP contribution is 1.81. The van der Waals surface area contributed by atoms with Crippen LogP contribution in [0.1, 0.15) is 13.8 Å². The first kappa shape index (κ1) is 22.5. The largest absolute Gasteiger partial charge is 0.478 e. The van der Waals surface area contributed by atoms with Crippen LogP contribution in [-0.2, 0) is 19.1 Å². The number of amides is 1. The van der Waals surface area contributed by atoms with Gasteiger partial charge in [-0.05, 0) is 13.8 Å². The summed E-state index contributed by atoms with van der Waals surface area (Å²) in [6.45, 7) is 16.3. The summed E-state index contributed by atoms with van der Waals surface area (Å²) in [5.41, 5.74) is 5.27. The molecule has 6 heteroatoms. The van der Waals surface area contributed by atoms with Gasteiger partial charge < -0.3 is 15.6 Å². The van der Waals surface area contributed by atoms with Crippen LogP contribution < -0.4 is 5.73 Å². The lowest BCUT2D eigenvalue weighted by Gasteiger charge is -1.92. The number of aliphatic carboxylic acids is 1. The SMILES string of the molecule is C=C(C)C(=O)O.C=C(C)C(N)=O.C=CCOC(=O)C=C. The van der Waals surface area contributed by atoms with Crippen LogP contribution in [0.3, 0.4) is 0 Å². The lowest BCUT2D eigenvalue weighted by molar-refractivity contribution is -0.136. The number of ether oxygens (including phenoxy) is 1. The maximum Gasteiger partial charge on any atom is 0.330 e. The summed E-state index contributed by atoms with van der Waals surface area (Å²) in [4.78, 5) is 29.6. The van der Waals surface area contributed by atoms with Gasteiger partial charge in [-0.25, -0.2) is 9.59 Å². The summed E-state index contributed by atoms with van der Waals surface area (Å²) in [7, 11) is 0. The summed E-state index contributed by atoms with van der Waals surface area (Å²) < 4.78 is 4.47. The average Bonchev–Trinajstić information content (AvgIpc) is 2.37. The zero-order chi connectivity index (χ0) is 16.7. The minimum absolute atomic E-state index is 0.176. The lowest BCUT2D eigenvalue weighted by atomic mass is 10.3. The molecule has 0 aromatic rings. The number of hydrogen-bond acceptors (Lipinski definition) is 4. The van der Waals surface area contributed by atoms with Crippen molar-refractivity contribution >= 4 is 17.8 Å². The number of hydrogen-bond donors (Lipinski definition) is 2. The molecule has 0 aromatic carbocycles. The zero-order valence-electron chi connectivity index (χ0n) is 11.8. The van der Waals surface area contributed by atoms with Gasteiger partial charge in [0.15, 0.2) is 0 Å². The van der Waals surface area contributed by atoms with E-state index < -0.39 is 17.8 Å². The summed E-state index contributed by atoms with van der Waals surface area (Å²) in [6.07, 6.45) is 2.62. The van der Waals surface area contributed by atoms with Gasteiger partial charge in [-0.15, -0.1) is 0 Å². The van der Waals surface area contributed by atoms with Gasteiger partial charge in [0.05, 0.1) is 0 Å². The van der Waals surface area contributed by atoms with Crippen molar-refractivity contribution in [2.24, 2.45) is 5.73 Å². The standard InChI is InChI=1S/C6H8O2.C4H7NO.C4H6O2/c1-3-5-8-6(7)4-2;2*1-3(2)4(5)6/h3-4H,1-2,5H2;1H2,2H3,(H2,5,6);1H2,2H3,(H,5,6). The second-order valence-corrected chi connectivity index (χ2v) is 3.35. The van der Waals surface area contributed by atoms with Gasteiger partial charge in [0, 0.05) is 17.2 Å². The molecule has 0 radical (unpaired) electrons. The second-order valence-electron chi connectivity index (χ2n) is 3.35. The number of carboxylic acid groups (broad SMARTS) is 1. The maximum atomic E-state index is 10.2.